The lowest BCUT2D eigenvalue weighted by molar-refractivity contribution is -0.121. The van der Waals surface area contributed by atoms with Crippen LogP contribution in [0.2, 0.25) is 0 Å². The van der Waals surface area contributed by atoms with Gasteiger partial charge in [-0.2, -0.15) is 0 Å². The number of allylic oxidation sites excluding steroid dienone is 9. The van der Waals surface area contributed by atoms with Crippen LogP contribution in [-0.4, -0.2) is 51.9 Å². The Morgan fingerprint density at radius 1 is 1.15 bits per heavy atom. The zero-order valence-electron chi connectivity index (χ0n) is 24.5. The maximum absolute atomic E-state index is 12.9. The van der Waals surface area contributed by atoms with E-state index in [-0.39, 0.29) is 42.4 Å². The number of ketones is 2. The van der Waals surface area contributed by atoms with Gasteiger partial charge in [0.2, 0.25) is 11.7 Å². The molecule has 1 fully saturated rings. The van der Waals surface area contributed by atoms with E-state index in [9.17, 15) is 29.4 Å². The van der Waals surface area contributed by atoms with E-state index in [4.69, 9.17) is 4.74 Å². The molecule has 4 N–H and O–H groups in total. The summed E-state index contributed by atoms with van der Waals surface area (Å²) in [6.07, 6.45) is 16.9. The highest BCUT2D eigenvalue weighted by molar-refractivity contribution is 6.06. The largest absolute Gasteiger partial charge is 0.510 e. The normalized spacial score (nSPS) is 20.7. The lowest BCUT2D eigenvalue weighted by Crippen LogP contribution is -2.33. The van der Waals surface area contributed by atoms with Crippen molar-refractivity contribution in [2.75, 3.05) is 6.61 Å². The third-order valence-corrected chi connectivity index (χ3v) is 6.36. The summed E-state index contributed by atoms with van der Waals surface area (Å²) in [7, 11) is 0. The summed E-state index contributed by atoms with van der Waals surface area (Å²) in [4.78, 5) is 49.2. The van der Waals surface area contributed by atoms with Gasteiger partial charge in [0.25, 0.3) is 5.91 Å². The molecule has 0 spiro atoms. The Morgan fingerprint density at radius 2 is 1.83 bits per heavy atom. The molecule has 0 radical (unpaired) electrons. The lowest BCUT2D eigenvalue weighted by Gasteiger charge is -2.17. The third kappa shape index (κ3) is 12.1. The smallest absolute Gasteiger partial charge is 0.251 e. The molecule has 2 aliphatic rings. The Labute approximate surface area is 242 Å². The van der Waals surface area contributed by atoms with Crippen LogP contribution in [0.15, 0.2) is 83.0 Å². The molecule has 0 aromatic heterocycles. The minimum atomic E-state index is -1.59. The van der Waals surface area contributed by atoms with Crippen molar-refractivity contribution in [1.82, 2.24) is 10.6 Å². The Kier molecular flexibility index (Phi) is 12.9. The van der Waals surface area contributed by atoms with Gasteiger partial charge in [0, 0.05) is 24.5 Å². The molecule has 0 unspecified atom stereocenters. The van der Waals surface area contributed by atoms with Crippen molar-refractivity contribution >= 4 is 23.4 Å². The summed E-state index contributed by atoms with van der Waals surface area (Å²) in [5.41, 5.74) is -0.339. The summed E-state index contributed by atoms with van der Waals surface area (Å²) in [5, 5.41) is 25.5. The van der Waals surface area contributed by atoms with Crippen LogP contribution in [0.3, 0.4) is 0 Å². The molecule has 2 amide bonds. The fraction of sp³-hybridized carbons (Fsp3) is 0.438. The van der Waals surface area contributed by atoms with E-state index in [1.807, 2.05) is 6.92 Å². The van der Waals surface area contributed by atoms with E-state index in [2.05, 4.69) is 30.6 Å². The van der Waals surface area contributed by atoms with Crippen molar-refractivity contribution in [1.29, 1.82) is 0 Å². The van der Waals surface area contributed by atoms with Gasteiger partial charge in [-0.15, -0.1) is 0 Å². The van der Waals surface area contributed by atoms with Gasteiger partial charge in [-0.05, 0) is 45.3 Å². The zero-order chi connectivity index (χ0) is 30.6. The first-order chi connectivity index (χ1) is 19.3. The van der Waals surface area contributed by atoms with Gasteiger partial charge in [0.15, 0.2) is 5.78 Å². The molecule has 0 saturated carbocycles. The lowest BCUT2D eigenvalue weighted by atomic mass is 10.0. The second kappa shape index (κ2) is 15.8. The Balaban J connectivity index is 2.04. The third-order valence-electron chi connectivity index (χ3n) is 6.36. The Morgan fingerprint density at radius 3 is 2.44 bits per heavy atom. The molecule has 9 heteroatoms. The molecule has 1 aliphatic carbocycles. The molecule has 1 saturated heterocycles. The van der Waals surface area contributed by atoms with E-state index in [1.54, 1.807) is 19.1 Å². The number of carbonyl (C=O) groups is 4. The summed E-state index contributed by atoms with van der Waals surface area (Å²) in [6, 6.07) is 0. The molecule has 41 heavy (non-hydrogen) atoms. The number of epoxide rings is 1. The van der Waals surface area contributed by atoms with Crippen molar-refractivity contribution in [2.24, 2.45) is 5.92 Å². The first-order valence-corrected chi connectivity index (χ1v) is 13.9. The topological polar surface area (TPSA) is 145 Å². The van der Waals surface area contributed by atoms with E-state index >= 15 is 0 Å². The van der Waals surface area contributed by atoms with Crippen molar-refractivity contribution < 1.29 is 34.1 Å². The number of amides is 2. The van der Waals surface area contributed by atoms with Gasteiger partial charge in [-0.1, -0.05) is 68.7 Å². The Hall–Kier alpha value is -3.82. The van der Waals surface area contributed by atoms with Crippen molar-refractivity contribution in [3.63, 3.8) is 0 Å². The second-order valence-electron chi connectivity index (χ2n) is 10.6. The van der Waals surface area contributed by atoms with Crippen LogP contribution in [0, 0.1) is 5.92 Å². The molecule has 0 aromatic rings. The van der Waals surface area contributed by atoms with Crippen LogP contribution in [0.25, 0.3) is 0 Å². The van der Waals surface area contributed by atoms with Crippen molar-refractivity contribution in [2.45, 2.75) is 78.4 Å². The number of Topliss-reactive ketones (excluding diaryl/α,β-unsaturated/α-hetero) is 2. The number of aliphatic hydroxyl groups excluding tert-OH is 1. The molecule has 3 atom stereocenters. The van der Waals surface area contributed by atoms with E-state index in [0.29, 0.717) is 11.5 Å². The predicted molar refractivity (Wildman–Crippen MR) is 157 cm³/mol. The number of hydrogen-bond donors (Lipinski definition) is 4. The maximum atomic E-state index is 12.9. The van der Waals surface area contributed by atoms with Gasteiger partial charge >= 0.3 is 0 Å². The molecule has 222 valence electrons. The highest BCUT2D eigenvalue weighted by Gasteiger charge is 2.35. The number of unbranched alkanes of at least 4 members (excludes halogenated alkanes) is 1. The van der Waals surface area contributed by atoms with E-state index < -0.39 is 29.3 Å². The maximum Gasteiger partial charge on any atom is 0.251 e. The fourth-order valence-electron chi connectivity index (χ4n) is 4.09. The fourth-order valence-corrected chi connectivity index (χ4v) is 4.09. The minimum absolute atomic E-state index is 0.0580. The summed E-state index contributed by atoms with van der Waals surface area (Å²) >= 11 is 0. The van der Waals surface area contributed by atoms with Gasteiger partial charge in [-0.25, -0.2) is 0 Å². The van der Waals surface area contributed by atoms with Crippen molar-refractivity contribution in [3.05, 3.63) is 83.0 Å². The summed E-state index contributed by atoms with van der Waals surface area (Å²) in [5.74, 6) is -1.49. The van der Waals surface area contributed by atoms with Crippen LogP contribution in [0.1, 0.15) is 66.7 Å². The number of rotatable bonds is 15. The zero-order valence-corrected chi connectivity index (χ0v) is 24.5. The molecule has 2 rings (SSSR count). The van der Waals surface area contributed by atoms with Crippen LogP contribution in [0.5, 0.6) is 0 Å². The van der Waals surface area contributed by atoms with Gasteiger partial charge < -0.3 is 25.6 Å². The summed E-state index contributed by atoms with van der Waals surface area (Å²) in [6.45, 7) is 9.60. The number of carbonyl (C=O) groups excluding carboxylic acids is 4. The standard InChI is InChI=1S/C32H42N2O7/c1-6-7-12-21(2)17-22(3)18-23(4)31(39)33-24(30(38)27-20-41-27)19-32(5,40)16-11-9-8-10-13-28(37)34-29-25(35)14-15-26(29)36/h8-11,13,16-19,21,27,35,40H,6-7,12,14-15,20H2,1-5H3,(H,33,39)(H,34,37)/b9-8+,13-10+,16-11+,22-17+,23-18+,24-19+/t21-,27+,32+/m1/s1. The van der Waals surface area contributed by atoms with Gasteiger partial charge in [-0.3, -0.25) is 19.2 Å². The highest BCUT2D eigenvalue weighted by Crippen LogP contribution is 2.20. The molecule has 0 aromatic carbocycles. The average Bonchev–Trinajstić information content (AvgIpc) is 3.70. The molecular formula is C32H42N2O7. The molecule has 0 bridgehead atoms. The van der Waals surface area contributed by atoms with E-state index in [0.717, 1.165) is 24.8 Å². The van der Waals surface area contributed by atoms with Crippen LogP contribution in [-0.2, 0) is 23.9 Å². The molecule has 1 aliphatic heterocycles. The number of hydrogen-bond acceptors (Lipinski definition) is 7. The van der Waals surface area contributed by atoms with Crippen LogP contribution in [0.4, 0.5) is 0 Å². The van der Waals surface area contributed by atoms with Gasteiger partial charge in [0.1, 0.15) is 23.2 Å². The first kappa shape index (κ1) is 33.4. The molecule has 1 heterocycles. The SMILES string of the molecule is CCCC[C@@H](C)/C=C(C)/C=C(\C)C(=O)N/C(=C/[C@@](C)(O)/C=C/C=C/C=C/C(=O)NC1=C(O)CCC1=O)C(=O)[C@@H]1CO1. The van der Waals surface area contributed by atoms with Crippen molar-refractivity contribution in [3.8, 4) is 0 Å². The van der Waals surface area contributed by atoms with E-state index in [1.165, 1.54) is 43.4 Å². The average molecular weight is 567 g/mol. The Bertz CT molecular complexity index is 1220. The monoisotopic (exact) mass is 566 g/mol. The number of nitrogens with one attached hydrogen (secondary N) is 2. The number of ether oxygens (including phenoxy) is 1. The van der Waals surface area contributed by atoms with Gasteiger partial charge in [0.05, 0.1) is 12.3 Å². The number of aliphatic hydroxyl groups is 2. The highest BCUT2D eigenvalue weighted by atomic mass is 16.6. The summed E-state index contributed by atoms with van der Waals surface area (Å²) < 4.78 is 5.09. The molecule has 9 nitrogen and oxygen atoms in total. The quantitative estimate of drug-likeness (QED) is 0.131. The predicted octanol–water partition coefficient (Wildman–Crippen LogP) is 4.34. The van der Waals surface area contributed by atoms with Crippen LogP contribution >= 0.6 is 0 Å². The first-order valence-electron chi connectivity index (χ1n) is 13.9. The molecular weight excluding hydrogens is 524 g/mol. The van der Waals surface area contributed by atoms with Crippen LogP contribution < -0.4 is 10.6 Å². The minimum Gasteiger partial charge on any atom is -0.510 e. The second-order valence-corrected chi connectivity index (χ2v) is 10.6.